The summed E-state index contributed by atoms with van der Waals surface area (Å²) in [6.07, 6.45) is 3.64. The van der Waals surface area contributed by atoms with E-state index >= 15 is 0 Å². The summed E-state index contributed by atoms with van der Waals surface area (Å²) in [6, 6.07) is 8.06. The van der Waals surface area contributed by atoms with Gasteiger partial charge in [-0.1, -0.05) is 18.2 Å². The second-order valence-corrected chi connectivity index (χ2v) is 4.33. The first-order valence-electron chi connectivity index (χ1n) is 5.92. The number of para-hydroxylation sites is 1. The molecular formula is C14H15N3O. The average molecular weight is 241 g/mol. The summed E-state index contributed by atoms with van der Waals surface area (Å²) < 4.78 is 7.63. The maximum atomic E-state index is 5.60. The Balaban J connectivity index is 2.22. The molecule has 1 N–H and O–H groups in total. The number of hydrogen-bond acceptors (Lipinski definition) is 3. The molecule has 0 saturated carbocycles. The first-order chi connectivity index (χ1) is 8.81. The van der Waals surface area contributed by atoms with Gasteiger partial charge < -0.3 is 14.3 Å². The van der Waals surface area contributed by atoms with Crippen LogP contribution >= 0.6 is 0 Å². The molecule has 0 fully saturated rings. The fourth-order valence-electron chi connectivity index (χ4n) is 2.28. The van der Waals surface area contributed by atoms with Gasteiger partial charge in [-0.3, -0.25) is 0 Å². The normalized spacial score (nSPS) is 11.2. The maximum Gasteiger partial charge on any atom is 0.134 e. The number of rotatable bonds is 3. The molecule has 3 aromatic rings. The van der Waals surface area contributed by atoms with Crippen molar-refractivity contribution in [2.45, 2.75) is 6.54 Å². The van der Waals surface area contributed by atoms with Gasteiger partial charge in [-0.15, -0.1) is 0 Å². The third kappa shape index (κ3) is 1.62. The Morgan fingerprint density at radius 1 is 1.33 bits per heavy atom. The van der Waals surface area contributed by atoms with E-state index in [0.29, 0.717) is 0 Å². The van der Waals surface area contributed by atoms with Gasteiger partial charge in [0.2, 0.25) is 0 Å². The van der Waals surface area contributed by atoms with Crippen LogP contribution in [0.25, 0.3) is 22.2 Å². The van der Waals surface area contributed by atoms with Crippen LogP contribution in [0.1, 0.15) is 5.69 Å². The summed E-state index contributed by atoms with van der Waals surface area (Å²) in [5.41, 5.74) is 4.14. The molecule has 0 saturated heterocycles. The minimum absolute atomic E-state index is 0.746. The SMILES string of the molecule is CNCc1ncn(C)c1-c1coc2ccccc12. The molecule has 0 aliphatic rings. The molecule has 4 heteroatoms. The predicted octanol–water partition coefficient (Wildman–Crippen LogP) is 2.55. The quantitative estimate of drug-likeness (QED) is 0.766. The zero-order chi connectivity index (χ0) is 12.5. The van der Waals surface area contributed by atoms with Crippen molar-refractivity contribution in [3.63, 3.8) is 0 Å². The van der Waals surface area contributed by atoms with Gasteiger partial charge in [-0.05, 0) is 13.1 Å². The number of aryl methyl sites for hydroxylation is 1. The summed E-state index contributed by atoms with van der Waals surface area (Å²) in [5.74, 6) is 0. The smallest absolute Gasteiger partial charge is 0.134 e. The molecule has 92 valence electrons. The number of nitrogens with zero attached hydrogens (tertiary/aromatic N) is 2. The molecule has 0 bridgehead atoms. The molecule has 18 heavy (non-hydrogen) atoms. The van der Waals surface area contributed by atoms with Gasteiger partial charge in [0, 0.05) is 24.5 Å². The lowest BCUT2D eigenvalue weighted by Gasteiger charge is -2.04. The minimum atomic E-state index is 0.746. The Kier molecular flexibility index (Phi) is 2.64. The van der Waals surface area contributed by atoms with Crippen molar-refractivity contribution in [2.75, 3.05) is 7.05 Å². The number of aromatic nitrogens is 2. The number of hydrogen-bond donors (Lipinski definition) is 1. The standard InChI is InChI=1S/C14H15N3O/c1-15-7-12-14(17(2)9-16-12)11-8-18-13-6-4-3-5-10(11)13/h3-6,8-9,15H,7H2,1-2H3. The highest BCUT2D eigenvalue weighted by atomic mass is 16.3. The zero-order valence-electron chi connectivity index (χ0n) is 10.5. The van der Waals surface area contributed by atoms with Gasteiger partial charge in [-0.25, -0.2) is 4.98 Å². The lowest BCUT2D eigenvalue weighted by atomic mass is 10.1. The van der Waals surface area contributed by atoms with Crippen LogP contribution < -0.4 is 5.32 Å². The molecule has 0 spiro atoms. The van der Waals surface area contributed by atoms with Crippen LogP contribution in [0.15, 0.2) is 41.3 Å². The van der Waals surface area contributed by atoms with Gasteiger partial charge in [0.1, 0.15) is 11.8 Å². The van der Waals surface area contributed by atoms with Crippen molar-refractivity contribution in [3.05, 3.63) is 42.5 Å². The molecular weight excluding hydrogens is 226 g/mol. The average Bonchev–Trinajstić information content (AvgIpc) is 2.94. The number of benzene rings is 1. The van der Waals surface area contributed by atoms with E-state index in [9.17, 15) is 0 Å². The Morgan fingerprint density at radius 3 is 3.00 bits per heavy atom. The summed E-state index contributed by atoms with van der Waals surface area (Å²) in [5, 5.41) is 4.26. The highest BCUT2D eigenvalue weighted by molar-refractivity contribution is 5.93. The van der Waals surface area contributed by atoms with E-state index in [1.165, 1.54) is 0 Å². The van der Waals surface area contributed by atoms with E-state index in [2.05, 4.69) is 16.4 Å². The van der Waals surface area contributed by atoms with Crippen LogP contribution in [0.4, 0.5) is 0 Å². The molecule has 0 aliphatic carbocycles. The monoisotopic (exact) mass is 241 g/mol. The van der Waals surface area contributed by atoms with Crippen LogP contribution in [-0.4, -0.2) is 16.6 Å². The van der Waals surface area contributed by atoms with Crippen molar-refractivity contribution in [1.29, 1.82) is 0 Å². The van der Waals surface area contributed by atoms with Crippen LogP contribution in [0.2, 0.25) is 0 Å². The molecule has 1 aromatic carbocycles. The van der Waals surface area contributed by atoms with Gasteiger partial charge in [0.25, 0.3) is 0 Å². The fraction of sp³-hybridized carbons (Fsp3) is 0.214. The van der Waals surface area contributed by atoms with E-state index in [0.717, 1.165) is 34.5 Å². The van der Waals surface area contributed by atoms with E-state index in [4.69, 9.17) is 4.42 Å². The zero-order valence-corrected chi connectivity index (χ0v) is 10.5. The first-order valence-corrected chi connectivity index (χ1v) is 5.92. The third-order valence-corrected chi connectivity index (χ3v) is 3.09. The largest absolute Gasteiger partial charge is 0.464 e. The molecule has 0 amide bonds. The summed E-state index contributed by atoms with van der Waals surface area (Å²) in [6.45, 7) is 0.746. The summed E-state index contributed by atoms with van der Waals surface area (Å²) in [4.78, 5) is 4.43. The van der Waals surface area contributed by atoms with Crippen LogP contribution in [-0.2, 0) is 13.6 Å². The maximum absolute atomic E-state index is 5.60. The Labute approximate surface area is 105 Å². The molecule has 0 unspecified atom stereocenters. The third-order valence-electron chi connectivity index (χ3n) is 3.09. The molecule has 0 aliphatic heterocycles. The fourth-order valence-corrected chi connectivity index (χ4v) is 2.28. The number of furan rings is 1. The number of nitrogens with one attached hydrogen (secondary N) is 1. The second-order valence-electron chi connectivity index (χ2n) is 4.33. The first kappa shape index (κ1) is 11.0. The highest BCUT2D eigenvalue weighted by Gasteiger charge is 2.15. The van der Waals surface area contributed by atoms with E-state index < -0.39 is 0 Å². The second kappa shape index (κ2) is 4.31. The van der Waals surface area contributed by atoms with Crippen molar-refractivity contribution in [2.24, 2.45) is 7.05 Å². The van der Waals surface area contributed by atoms with Gasteiger partial charge in [0.05, 0.1) is 17.7 Å². The lowest BCUT2D eigenvalue weighted by Crippen LogP contribution is -2.07. The van der Waals surface area contributed by atoms with Crippen molar-refractivity contribution < 1.29 is 4.42 Å². The molecule has 0 atom stereocenters. The van der Waals surface area contributed by atoms with Gasteiger partial charge in [0.15, 0.2) is 0 Å². The molecule has 2 aromatic heterocycles. The molecule has 2 heterocycles. The van der Waals surface area contributed by atoms with Gasteiger partial charge in [-0.2, -0.15) is 0 Å². The Bertz CT molecular complexity index is 681. The topological polar surface area (TPSA) is 43.0 Å². The predicted molar refractivity (Wildman–Crippen MR) is 71.2 cm³/mol. The molecule has 0 radical (unpaired) electrons. The van der Waals surface area contributed by atoms with E-state index in [1.54, 1.807) is 6.26 Å². The Morgan fingerprint density at radius 2 is 2.17 bits per heavy atom. The van der Waals surface area contributed by atoms with Crippen molar-refractivity contribution >= 4 is 11.0 Å². The number of fused-ring (bicyclic) bond motifs is 1. The lowest BCUT2D eigenvalue weighted by molar-refractivity contribution is 0.616. The summed E-state index contributed by atoms with van der Waals surface area (Å²) >= 11 is 0. The van der Waals surface area contributed by atoms with Gasteiger partial charge >= 0.3 is 0 Å². The van der Waals surface area contributed by atoms with Crippen molar-refractivity contribution in [1.82, 2.24) is 14.9 Å². The van der Waals surface area contributed by atoms with Crippen LogP contribution in [0, 0.1) is 0 Å². The Hall–Kier alpha value is -2.07. The number of imidazole rings is 1. The minimum Gasteiger partial charge on any atom is -0.464 e. The van der Waals surface area contributed by atoms with E-state index in [1.807, 2.05) is 43.2 Å². The van der Waals surface area contributed by atoms with E-state index in [-0.39, 0.29) is 0 Å². The highest BCUT2D eigenvalue weighted by Crippen LogP contribution is 2.31. The van der Waals surface area contributed by atoms with Crippen molar-refractivity contribution in [3.8, 4) is 11.3 Å². The summed E-state index contributed by atoms with van der Waals surface area (Å²) in [7, 11) is 3.93. The molecule has 3 rings (SSSR count). The van der Waals surface area contributed by atoms with Crippen LogP contribution in [0.3, 0.4) is 0 Å². The molecule has 4 nitrogen and oxygen atoms in total. The van der Waals surface area contributed by atoms with Crippen LogP contribution in [0.5, 0.6) is 0 Å².